The summed E-state index contributed by atoms with van der Waals surface area (Å²) in [6.45, 7) is 4.86. The Morgan fingerprint density at radius 3 is 2.55 bits per heavy atom. The smallest absolute Gasteiger partial charge is 0.259 e. The van der Waals surface area contributed by atoms with Gasteiger partial charge in [-0.25, -0.2) is 5.43 Å². The maximum absolute atomic E-state index is 12.1. The number of rotatable bonds is 10. The summed E-state index contributed by atoms with van der Waals surface area (Å²) in [5, 5.41) is 6.48. The Bertz CT molecular complexity index is 854. The zero-order chi connectivity index (χ0) is 21.1. The molecular weight excluding hydrogens is 438 g/mol. The van der Waals surface area contributed by atoms with Gasteiger partial charge in [0.15, 0.2) is 0 Å². The summed E-state index contributed by atoms with van der Waals surface area (Å²) in [7, 11) is 0. The molecule has 0 aliphatic carbocycles. The van der Waals surface area contributed by atoms with Gasteiger partial charge in [0.25, 0.3) is 11.8 Å². The normalized spacial score (nSPS) is 10.6. The molecule has 0 atom stereocenters. The lowest BCUT2D eigenvalue weighted by molar-refractivity contribution is -0.120. The van der Waals surface area contributed by atoms with E-state index in [1.165, 1.54) is 6.21 Å². The molecule has 0 unspecified atom stereocenters. The van der Waals surface area contributed by atoms with E-state index in [-0.39, 0.29) is 12.5 Å². The number of halogens is 1. The van der Waals surface area contributed by atoms with Gasteiger partial charge < -0.3 is 14.8 Å². The molecule has 2 aromatic rings. The van der Waals surface area contributed by atoms with Crippen molar-refractivity contribution in [1.29, 1.82) is 0 Å². The Hall–Kier alpha value is -2.87. The third kappa shape index (κ3) is 7.57. The number of hydrogen-bond acceptors (Lipinski definition) is 5. The van der Waals surface area contributed by atoms with Gasteiger partial charge in [0.05, 0.1) is 26.0 Å². The van der Waals surface area contributed by atoms with Crippen LogP contribution in [0.2, 0.25) is 0 Å². The van der Waals surface area contributed by atoms with Crippen molar-refractivity contribution >= 4 is 34.0 Å². The summed E-state index contributed by atoms with van der Waals surface area (Å²) in [5.74, 6) is 0.574. The second-order valence-electron chi connectivity index (χ2n) is 5.96. The molecule has 0 aliphatic rings. The predicted octanol–water partition coefficient (Wildman–Crippen LogP) is 3.52. The van der Waals surface area contributed by atoms with Crippen LogP contribution in [0.1, 0.15) is 36.2 Å². The molecular formula is C21H24BrN3O4. The van der Waals surface area contributed by atoms with Gasteiger partial charge in [-0.15, -0.1) is 0 Å². The third-order valence-corrected chi connectivity index (χ3v) is 4.16. The van der Waals surface area contributed by atoms with Crippen LogP contribution in [0.15, 0.2) is 52.0 Å². The lowest BCUT2D eigenvalue weighted by Gasteiger charge is -2.08. The highest BCUT2D eigenvalue weighted by molar-refractivity contribution is 9.10. The molecule has 0 bridgehead atoms. The van der Waals surface area contributed by atoms with Gasteiger partial charge in [-0.2, -0.15) is 5.10 Å². The van der Waals surface area contributed by atoms with Crippen LogP contribution in [0.25, 0.3) is 0 Å². The number of hydrazone groups is 1. The molecule has 0 fully saturated rings. The number of hydrogen-bond donors (Lipinski definition) is 2. The van der Waals surface area contributed by atoms with E-state index in [2.05, 4.69) is 31.8 Å². The highest BCUT2D eigenvalue weighted by atomic mass is 79.9. The van der Waals surface area contributed by atoms with E-state index >= 15 is 0 Å². The molecule has 0 saturated heterocycles. The van der Waals surface area contributed by atoms with Crippen LogP contribution in [-0.4, -0.2) is 37.8 Å². The van der Waals surface area contributed by atoms with Gasteiger partial charge in [0.1, 0.15) is 11.5 Å². The van der Waals surface area contributed by atoms with Crippen LogP contribution in [0, 0.1) is 0 Å². The fraction of sp³-hybridized carbons (Fsp3) is 0.286. The molecule has 29 heavy (non-hydrogen) atoms. The number of benzene rings is 2. The average molecular weight is 462 g/mol. The molecule has 0 radical (unpaired) electrons. The molecule has 0 aliphatic heterocycles. The minimum Gasteiger partial charge on any atom is -0.494 e. The maximum Gasteiger partial charge on any atom is 0.259 e. The molecule has 0 heterocycles. The van der Waals surface area contributed by atoms with Crippen molar-refractivity contribution < 1.29 is 19.1 Å². The first-order chi connectivity index (χ1) is 14.0. The fourth-order valence-corrected chi connectivity index (χ4v) is 2.68. The van der Waals surface area contributed by atoms with Crippen molar-refractivity contribution in [2.45, 2.75) is 20.3 Å². The summed E-state index contributed by atoms with van der Waals surface area (Å²) >= 11 is 3.39. The molecule has 2 rings (SSSR count). The highest BCUT2D eigenvalue weighted by Gasteiger charge is 2.08. The molecule has 2 amide bonds. The molecule has 0 aromatic heterocycles. The van der Waals surface area contributed by atoms with E-state index < -0.39 is 5.91 Å². The van der Waals surface area contributed by atoms with E-state index in [0.29, 0.717) is 30.3 Å². The van der Waals surface area contributed by atoms with Crippen molar-refractivity contribution in [2.24, 2.45) is 5.10 Å². The molecule has 0 spiro atoms. The largest absolute Gasteiger partial charge is 0.494 e. The van der Waals surface area contributed by atoms with E-state index in [1.807, 2.05) is 32.0 Å². The standard InChI is InChI=1S/C21H24BrN3O4/c1-3-11-29-18-8-5-15(6-9-18)21(27)23-14-20(26)25-24-13-16-12-17(22)7-10-19(16)28-4-2/h5-10,12-13H,3-4,11,14H2,1-2H3,(H,23,27)(H,25,26)/b24-13+. The Morgan fingerprint density at radius 2 is 1.86 bits per heavy atom. The van der Waals surface area contributed by atoms with Crippen LogP contribution in [0.4, 0.5) is 0 Å². The van der Waals surface area contributed by atoms with Gasteiger partial charge in [-0.1, -0.05) is 22.9 Å². The average Bonchev–Trinajstić information content (AvgIpc) is 2.73. The number of amides is 2. The number of carbonyl (C=O) groups is 2. The SMILES string of the molecule is CCCOc1ccc(C(=O)NCC(=O)N/N=C/c2cc(Br)ccc2OCC)cc1. The minimum absolute atomic E-state index is 0.193. The molecule has 0 saturated carbocycles. The summed E-state index contributed by atoms with van der Waals surface area (Å²) in [6, 6.07) is 12.3. The van der Waals surface area contributed by atoms with Crippen LogP contribution in [0.5, 0.6) is 11.5 Å². The Morgan fingerprint density at radius 1 is 1.10 bits per heavy atom. The topological polar surface area (TPSA) is 89.0 Å². The number of ether oxygens (including phenoxy) is 2. The van der Waals surface area contributed by atoms with Crippen molar-refractivity contribution in [3.8, 4) is 11.5 Å². The maximum atomic E-state index is 12.1. The second kappa shape index (κ2) is 11.9. The molecule has 8 heteroatoms. The van der Waals surface area contributed by atoms with Crippen molar-refractivity contribution in [2.75, 3.05) is 19.8 Å². The molecule has 154 valence electrons. The van der Waals surface area contributed by atoms with Gasteiger partial charge in [0, 0.05) is 15.6 Å². The summed E-state index contributed by atoms with van der Waals surface area (Å²) in [6.07, 6.45) is 2.40. The first kappa shape index (κ1) is 22.4. The first-order valence-corrected chi connectivity index (χ1v) is 10.1. The molecule has 7 nitrogen and oxygen atoms in total. The predicted molar refractivity (Wildman–Crippen MR) is 116 cm³/mol. The van der Waals surface area contributed by atoms with E-state index in [4.69, 9.17) is 9.47 Å². The zero-order valence-corrected chi connectivity index (χ0v) is 18.0. The minimum atomic E-state index is -0.439. The number of carbonyl (C=O) groups excluding carboxylic acids is 2. The lowest BCUT2D eigenvalue weighted by atomic mass is 10.2. The summed E-state index contributed by atoms with van der Waals surface area (Å²) in [4.78, 5) is 24.1. The third-order valence-electron chi connectivity index (χ3n) is 3.66. The van der Waals surface area contributed by atoms with Gasteiger partial charge in [-0.3, -0.25) is 9.59 Å². The van der Waals surface area contributed by atoms with Crippen LogP contribution in [0.3, 0.4) is 0 Å². The van der Waals surface area contributed by atoms with Crippen molar-refractivity contribution in [3.63, 3.8) is 0 Å². The summed E-state index contributed by atoms with van der Waals surface area (Å²) in [5.41, 5.74) is 3.55. The highest BCUT2D eigenvalue weighted by Crippen LogP contribution is 2.21. The van der Waals surface area contributed by atoms with E-state index in [9.17, 15) is 9.59 Å². The van der Waals surface area contributed by atoms with Gasteiger partial charge >= 0.3 is 0 Å². The number of nitrogens with zero attached hydrogens (tertiary/aromatic N) is 1. The van der Waals surface area contributed by atoms with Gasteiger partial charge in [0.2, 0.25) is 0 Å². The van der Waals surface area contributed by atoms with E-state index in [1.54, 1.807) is 24.3 Å². The Kier molecular flexibility index (Phi) is 9.17. The monoisotopic (exact) mass is 461 g/mol. The van der Waals surface area contributed by atoms with Crippen LogP contribution in [-0.2, 0) is 4.79 Å². The lowest BCUT2D eigenvalue weighted by Crippen LogP contribution is -2.34. The quantitative estimate of drug-likeness (QED) is 0.418. The van der Waals surface area contributed by atoms with Crippen LogP contribution < -0.4 is 20.2 Å². The van der Waals surface area contributed by atoms with E-state index in [0.717, 1.165) is 16.5 Å². The Labute approximate surface area is 178 Å². The fourth-order valence-electron chi connectivity index (χ4n) is 2.31. The number of nitrogens with one attached hydrogen (secondary N) is 2. The molecule has 2 aromatic carbocycles. The molecule has 2 N–H and O–H groups in total. The van der Waals surface area contributed by atoms with Gasteiger partial charge in [-0.05, 0) is 55.8 Å². The Balaban J connectivity index is 1.83. The zero-order valence-electron chi connectivity index (χ0n) is 16.4. The van der Waals surface area contributed by atoms with Crippen molar-refractivity contribution in [1.82, 2.24) is 10.7 Å². The van der Waals surface area contributed by atoms with Crippen molar-refractivity contribution in [3.05, 3.63) is 58.1 Å². The second-order valence-corrected chi connectivity index (χ2v) is 6.88. The summed E-state index contributed by atoms with van der Waals surface area (Å²) < 4.78 is 11.9. The van der Waals surface area contributed by atoms with Crippen LogP contribution >= 0.6 is 15.9 Å². The first-order valence-electron chi connectivity index (χ1n) is 9.28.